The highest BCUT2D eigenvalue weighted by molar-refractivity contribution is 7.17. The average molecular weight is 404 g/mol. The van der Waals surface area contributed by atoms with Crippen LogP contribution >= 0.6 is 11.3 Å². The Labute approximate surface area is 175 Å². The number of nitrogens with zero attached hydrogens (tertiary/aromatic N) is 2. The number of fused-ring (bicyclic) bond motifs is 1. The molecule has 0 atom stereocenters. The fraction of sp³-hybridized carbons (Fsp3) is 0.250. The smallest absolute Gasteiger partial charge is 0.143 e. The minimum atomic E-state index is 0.504. The van der Waals surface area contributed by atoms with Crippen LogP contribution in [0.25, 0.3) is 21.3 Å². The zero-order chi connectivity index (χ0) is 20.4. The van der Waals surface area contributed by atoms with Gasteiger partial charge in [-0.2, -0.15) is 0 Å². The molecular formula is C24H25N3OS. The molecule has 2 heterocycles. The summed E-state index contributed by atoms with van der Waals surface area (Å²) in [5.74, 6) is 2.20. The highest BCUT2D eigenvalue weighted by atomic mass is 32.1. The van der Waals surface area contributed by atoms with Gasteiger partial charge in [-0.05, 0) is 55.2 Å². The van der Waals surface area contributed by atoms with Gasteiger partial charge in [0.05, 0.1) is 12.0 Å². The number of aromatic nitrogens is 2. The third kappa shape index (κ3) is 4.25. The van der Waals surface area contributed by atoms with Crippen LogP contribution in [-0.4, -0.2) is 16.6 Å². The topological polar surface area (TPSA) is 47.0 Å². The number of rotatable bonds is 6. The number of nitrogens with one attached hydrogen (secondary N) is 1. The highest BCUT2D eigenvalue weighted by Crippen LogP contribution is 2.38. The summed E-state index contributed by atoms with van der Waals surface area (Å²) in [6.07, 6.45) is 1.62. The van der Waals surface area contributed by atoms with Gasteiger partial charge in [-0.3, -0.25) is 0 Å². The summed E-state index contributed by atoms with van der Waals surface area (Å²) in [6.45, 7) is 9.27. The molecule has 4 nitrogen and oxygen atoms in total. The van der Waals surface area contributed by atoms with Gasteiger partial charge in [0, 0.05) is 16.6 Å². The quantitative estimate of drug-likeness (QED) is 0.387. The molecule has 0 saturated carbocycles. The molecule has 0 saturated heterocycles. The number of anilines is 2. The van der Waals surface area contributed by atoms with E-state index < -0.39 is 0 Å². The summed E-state index contributed by atoms with van der Waals surface area (Å²) in [5.41, 5.74) is 5.88. The van der Waals surface area contributed by atoms with Gasteiger partial charge in [0.2, 0.25) is 0 Å². The third-order valence-corrected chi connectivity index (χ3v) is 5.63. The summed E-state index contributed by atoms with van der Waals surface area (Å²) in [5, 5.41) is 6.70. The second-order valence-electron chi connectivity index (χ2n) is 7.72. The van der Waals surface area contributed by atoms with E-state index in [0.29, 0.717) is 12.5 Å². The molecule has 5 heteroatoms. The summed E-state index contributed by atoms with van der Waals surface area (Å²) >= 11 is 1.65. The molecule has 0 unspecified atom stereocenters. The molecule has 0 amide bonds. The third-order valence-electron chi connectivity index (χ3n) is 4.74. The van der Waals surface area contributed by atoms with Gasteiger partial charge in [0.1, 0.15) is 22.7 Å². The van der Waals surface area contributed by atoms with Crippen molar-refractivity contribution in [1.29, 1.82) is 0 Å². The predicted octanol–water partition coefficient (Wildman–Crippen LogP) is 6.75. The molecular weight excluding hydrogens is 378 g/mol. The molecule has 29 heavy (non-hydrogen) atoms. The van der Waals surface area contributed by atoms with Crippen molar-refractivity contribution in [2.75, 3.05) is 11.9 Å². The van der Waals surface area contributed by atoms with Crippen molar-refractivity contribution >= 4 is 33.1 Å². The van der Waals surface area contributed by atoms with Crippen LogP contribution < -0.4 is 10.1 Å². The molecule has 0 fully saturated rings. The SMILES string of the molecule is Cc1ccc(-c2csc3ncnc(Nc4ccc(OCC(C)C)cc4)c23)c(C)c1. The Kier molecular flexibility index (Phi) is 5.49. The Bertz CT molecular complexity index is 1130. The minimum Gasteiger partial charge on any atom is -0.493 e. The van der Waals surface area contributed by atoms with E-state index in [9.17, 15) is 0 Å². The summed E-state index contributed by atoms with van der Waals surface area (Å²) in [4.78, 5) is 10.0. The zero-order valence-electron chi connectivity index (χ0n) is 17.2. The van der Waals surface area contributed by atoms with Crippen molar-refractivity contribution in [3.63, 3.8) is 0 Å². The molecule has 0 radical (unpaired) electrons. The van der Waals surface area contributed by atoms with Crippen molar-refractivity contribution in [1.82, 2.24) is 9.97 Å². The van der Waals surface area contributed by atoms with Crippen molar-refractivity contribution in [2.24, 2.45) is 5.92 Å². The van der Waals surface area contributed by atoms with Crippen LogP contribution in [0.15, 0.2) is 54.2 Å². The lowest BCUT2D eigenvalue weighted by Gasteiger charge is -2.12. The van der Waals surface area contributed by atoms with Gasteiger partial charge in [-0.25, -0.2) is 9.97 Å². The number of hydrogen-bond donors (Lipinski definition) is 1. The Morgan fingerprint density at radius 2 is 1.79 bits per heavy atom. The van der Waals surface area contributed by atoms with Crippen LogP contribution in [0.3, 0.4) is 0 Å². The number of thiophene rings is 1. The normalized spacial score (nSPS) is 11.2. The van der Waals surface area contributed by atoms with Gasteiger partial charge in [-0.1, -0.05) is 37.6 Å². The maximum absolute atomic E-state index is 5.78. The van der Waals surface area contributed by atoms with Crippen molar-refractivity contribution in [3.8, 4) is 16.9 Å². The Balaban J connectivity index is 1.67. The molecule has 2 aromatic carbocycles. The van der Waals surface area contributed by atoms with E-state index in [2.05, 4.69) is 66.6 Å². The van der Waals surface area contributed by atoms with Crippen LogP contribution in [0, 0.1) is 19.8 Å². The molecule has 0 aliphatic heterocycles. The predicted molar refractivity (Wildman–Crippen MR) is 122 cm³/mol. The van der Waals surface area contributed by atoms with Crippen molar-refractivity contribution in [3.05, 3.63) is 65.3 Å². The van der Waals surface area contributed by atoms with E-state index >= 15 is 0 Å². The fourth-order valence-electron chi connectivity index (χ4n) is 3.32. The van der Waals surface area contributed by atoms with E-state index in [0.717, 1.165) is 27.5 Å². The van der Waals surface area contributed by atoms with Gasteiger partial charge >= 0.3 is 0 Å². The van der Waals surface area contributed by atoms with Gasteiger partial charge in [0.25, 0.3) is 0 Å². The molecule has 4 rings (SSSR count). The monoisotopic (exact) mass is 403 g/mol. The van der Waals surface area contributed by atoms with Crippen molar-refractivity contribution < 1.29 is 4.74 Å². The standard InChI is InChI=1S/C24H25N3OS/c1-15(2)12-28-19-8-6-18(7-9-19)27-23-22-21(13-29-24(22)26-14-25-23)20-10-5-16(3)11-17(20)4/h5-11,13-15H,12H2,1-4H3,(H,25,26,27). The van der Waals surface area contributed by atoms with Gasteiger partial charge in [0.15, 0.2) is 0 Å². The largest absolute Gasteiger partial charge is 0.493 e. The average Bonchev–Trinajstić information content (AvgIpc) is 3.12. The molecule has 148 valence electrons. The number of benzene rings is 2. The maximum Gasteiger partial charge on any atom is 0.143 e. The van der Waals surface area contributed by atoms with Gasteiger partial charge in [-0.15, -0.1) is 11.3 Å². The maximum atomic E-state index is 5.78. The first kappa shape index (κ1) is 19.4. The Morgan fingerprint density at radius 1 is 1.00 bits per heavy atom. The lowest BCUT2D eigenvalue weighted by atomic mass is 9.99. The summed E-state index contributed by atoms with van der Waals surface area (Å²) in [7, 11) is 0. The first-order valence-corrected chi connectivity index (χ1v) is 10.7. The van der Waals surface area contributed by atoms with E-state index in [1.807, 2.05) is 24.3 Å². The van der Waals surface area contributed by atoms with Crippen molar-refractivity contribution in [2.45, 2.75) is 27.7 Å². The fourth-order valence-corrected chi connectivity index (χ4v) is 4.22. The van der Waals surface area contributed by atoms with Crippen LogP contribution in [0.4, 0.5) is 11.5 Å². The lowest BCUT2D eigenvalue weighted by Crippen LogP contribution is -2.04. The second-order valence-corrected chi connectivity index (χ2v) is 8.58. The zero-order valence-corrected chi connectivity index (χ0v) is 18.0. The van der Waals surface area contributed by atoms with E-state index in [-0.39, 0.29) is 0 Å². The number of aryl methyl sites for hydroxylation is 2. The van der Waals surface area contributed by atoms with Crippen LogP contribution in [0.5, 0.6) is 5.75 Å². The number of hydrogen-bond acceptors (Lipinski definition) is 5. The minimum absolute atomic E-state index is 0.504. The molecule has 4 aromatic rings. The van der Waals surface area contributed by atoms with Crippen LogP contribution in [0.2, 0.25) is 0 Å². The molecule has 0 bridgehead atoms. The second kappa shape index (κ2) is 8.21. The van der Waals surface area contributed by atoms with E-state index in [4.69, 9.17) is 4.74 Å². The molecule has 1 N–H and O–H groups in total. The van der Waals surface area contributed by atoms with E-state index in [1.165, 1.54) is 22.3 Å². The van der Waals surface area contributed by atoms with E-state index in [1.54, 1.807) is 17.7 Å². The first-order valence-electron chi connectivity index (χ1n) is 9.81. The molecule has 0 spiro atoms. The first-order chi connectivity index (χ1) is 14.0. The highest BCUT2D eigenvalue weighted by Gasteiger charge is 2.15. The summed E-state index contributed by atoms with van der Waals surface area (Å²) < 4.78 is 5.78. The Morgan fingerprint density at radius 3 is 2.52 bits per heavy atom. The van der Waals surface area contributed by atoms with Gasteiger partial charge < -0.3 is 10.1 Å². The lowest BCUT2D eigenvalue weighted by molar-refractivity contribution is 0.271. The van der Waals surface area contributed by atoms with Crippen LogP contribution in [-0.2, 0) is 0 Å². The molecule has 0 aliphatic rings. The Hall–Kier alpha value is -2.92. The summed E-state index contributed by atoms with van der Waals surface area (Å²) in [6, 6.07) is 14.6. The molecule has 0 aliphatic carbocycles. The number of ether oxygens (including phenoxy) is 1. The molecule has 2 aromatic heterocycles. The van der Waals surface area contributed by atoms with Crippen LogP contribution in [0.1, 0.15) is 25.0 Å².